The molecule has 1 heteroatoms. The van der Waals surface area contributed by atoms with Gasteiger partial charge in [-0.2, -0.15) is 0 Å². The monoisotopic (exact) mass is 131 g/mol. The molecule has 1 aliphatic carbocycles. The third kappa shape index (κ3) is 0.703. The second-order valence-corrected chi connectivity index (χ2v) is 2.55. The summed E-state index contributed by atoms with van der Waals surface area (Å²) in [7, 11) is 0. The van der Waals surface area contributed by atoms with E-state index in [2.05, 4.69) is 12.5 Å². The summed E-state index contributed by atoms with van der Waals surface area (Å²) in [6.45, 7) is 0. The SMILES string of the molecule is Nc1cccc2c1CC[C]2. The predicted octanol–water partition coefficient (Wildman–Crippen LogP) is 1.64. The van der Waals surface area contributed by atoms with E-state index < -0.39 is 0 Å². The summed E-state index contributed by atoms with van der Waals surface area (Å²) in [5.74, 6) is 0. The molecule has 1 aromatic rings. The molecule has 50 valence electrons. The van der Waals surface area contributed by atoms with Gasteiger partial charge in [0, 0.05) is 12.1 Å². The summed E-state index contributed by atoms with van der Waals surface area (Å²) in [6, 6.07) is 6.00. The second kappa shape index (κ2) is 2.01. The highest BCUT2D eigenvalue weighted by molar-refractivity contribution is 5.55. The van der Waals surface area contributed by atoms with Gasteiger partial charge in [0.15, 0.2) is 0 Å². The fourth-order valence-corrected chi connectivity index (χ4v) is 1.37. The third-order valence-electron chi connectivity index (χ3n) is 1.90. The Bertz CT molecular complexity index is 253. The van der Waals surface area contributed by atoms with Crippen molar-refractivity contribution < 1.29 is 0 Å². The quantitative estimate of drug-likeness (QED) is 0.532. The van der Waals surface area contributed by atoms with Crippen LogP contribution in [-0.2, 0) is 6.42 Å². The molecule has 0 aromatic heterocycles. The maximum atomic E-state index is 5.73. The van der Waals surface area contributed by atoms with E-state index >= 15 is 0 Å². The van der Waals surface area contributed by atoms with Crippen LogP contribution < -0.4 is 5.73 Å². The van der Waals surface area contributed by atoms with E-state index in [0.29, 0.717) is 0 Å². The molecule has 0 saturated heterocycles. The highest BCUT2D eigenvalue weighted by atomic mass is 14.6. The van der Waals surface area contributed by atoms with Gasteiger partial charge in [-0.3, -0.25) is 0 Å². The van der Waals surface area contributed by atoms with E-state index in [4.69, 9.17) is 5.73 Å². The Hall–Kier alpha value is -0.980. The fourth-order valence-electron chi connectivity index (χ4n) is 1.37. The standard InChI is InChI=1S/C9H9N/c10-9-6-2-4-7-3-1-5-8(7)9/h2,4,6H,1,5,10H2. The lowest BCUT2D eigenvalue weighted by Crippen LogP contribution is -1.91. The molecule has 0 atom stereocenters. The summed E-state index contributed by atoms with van der Waals surface area (Å²) < 4.78 is 0. The van der Waals surface area contributed by atoms with Gasteiger partial charge >= 0.3 is 0 Å². The molecule has 0 bridgehead atoms. The molecular formula is C9H9N. The minimum Gasteiger partial charge on any atom is -0.398 e. The van der Waals surface area contributed by atoms with Crippen molar-refractivity contribution in [3.63, 3.8) is 0 Å². The first-order chi connectivity index (χ1) is 4.88. The number of hydrogen-bond acceptors (Lipinski definition) is 1. The van der Waals surface area contributed by atoms with Crippen LogP contribution in [0.4, 0.5) is 5.69 Å². The van der Waals surface area contributed by atoms with Crippen LogP contribution in [0.2, 0.25) is 0 Å². The normalized spacial score (nSPS) is 15.2. The van der Waals surface area contributed by atoms with Gasteiger partial charge < -0.3 is 5.73 Å². The Morgan fingerprint density at radius 3 is 3.10 bits per heavy atom. The zero-order chi connectivity index (χ0) is 6.97. The van der Waals surface area contributed by atoms with Crippen LogP contribution in [0.15, 0.2) is 18.2 Å². The van der Waals surface area contributed by atoms with E-state index in [1.165, 1.54) is 11.1 Å². The van der Waals surface area contributed by atoms with Crippen molar-refractivity contribution >= 4 is 5.69 Å². The number of anilines is 1. The maximum Gasteiger partial charge on any atom is 0.0349 e. The lowest BCUT2D eigenvalue weighted by Gasteiger charge is -2.00. The van der Waals surface area contributed by atoms with Gasteiger partial charge in [0.25, 0.3) is 0 Å². The summed E-state index contributed by atoms with van der Waals surface area (Å²) >= 11 is 0. The van der Waals surface area contributed by atoms with Crippen LogP contribution >= 0.6 is 0 Å². The van der Waals surface area contributed by atoms with Gasteiger partial charge in [-0.1, -0.05) is 12.1 Å². The molecule has 0 saturated carbocycles. The Balaban J connectivity index is 2.59. The molecule has 0 unspecified atom stereocenters. The van der Waals surface area contributed by atoms with Crippen LogP contribution in [0.1, 0.15) is 17.5 Å². The van der Waals surface area contributed by atoms with Gasteiger partial charge in [-0.05, 0) is 30.0 Å². The molecule has 0 aliphatic heterocycles. The highest BCUT2D eigenvalue weighted by Crippen LogP contribution is 2.27. The van der Waals surface area contributed by atoms with Crippen molar-refractivity contribution in [1.29, 1.82) is 0 Å². The average molecular weight is 131 g/mol. The van der Waals surface area contributed by atoms with E-state index in [1.807, 2.05) is 12.1 Å². The first kappa shape index (κ1) is 5.78. The van der Waals surface area contributed by atoms with Crippen molar-refractivity contribution in [2.45, 2.75) is 12.8 Å². The van der Waals surface area contributed by atoms with Crippen LogP contribution in [0.25, 0.3) is 0 Å². The number of nitrogen functional groups attached to an aromatic ring is 1. The summed E-state index contributed by atoms with van der Waals surface area (Å²) in [6.07, 6.45) is 5.36. The zero-order valence-corrected chi connectivity index (χ0v) is 5.72. The van der Waals surface area contributed by atoms with Crippen molar-refractivity contribution in [3.8, 4) is 0 Å². The third-order valence-corrected chi connectivity index (χ3v) is 1.90. The van der Waals surface area contributed by atoms with Crippen molar-refractivity contribution in [2.24, 2.45) is 0 Å². The van der Waals surface area contributed by atoms with Crippen molar-refractivity contribution in [2.75, 3.05) is 5.73 Å². The minimum atomic E-state index is 0.919. The molecule has 1 aliphatic rings. The van der Waals surface area contributed by atoms with Gasteiger partial charge in [-0.15, -0.1) is 0 Å². The van der Waals surface area contributed by atoms with Gasteiger partial charge in [0.2, 0.25) is 0 Å². The largest absolute Gasteiger partial charge is 0.398 e. The van der Waals surface area contributed by atoms with E-state index in [-0.39, 0.29) is 0 Å². The van der Waals surface area contributed by atoms with Crippen molar-refractivity contribution in [3.05, 3.63) is 35.7 Å². The first-order valence-corrected chi connectivity index (χ1v) is 3.49. The first-order valence-electron chi connectivity index (χ1n) is 3.49. The van der Waals surface area contributed by atoms with Gasteiger partial charge in [0.1, 0.15) is 0 Å². The second-order valence-electron chi connectivity index (χ2n) is 2.55. The Kier molecular flexibility index (Phi) is 1.16. The summed E-state index contributed by atoms with van der Waals surface area (Å²) in [5.41, 5.74) is 9.14. The van der Waals surface area contributed by atoms with E-state index in [9.17, 15) is 0 Å². The zero-order valence-electron chi connectivity index (χ0n) is 5.72. The molecule has 2 radical (unpaired) electrons. The molecule has 0 fully saturated rings. The molecule has 2 N–H and O–H groups in total. The summed E-state index contributed by atoms with van der Waals surface area (Å²) in [4.78, 5) is 0. The molecule has 0 heterocycles. The molecular weight excluding hydrogens is 122 g/mol. The minimum absolute atomic E-state index is 0.919. The van der Waals surface area contributed by atoms with Gasteiger partial charge in [0.05, 0.1) is 0 Å². The molecule has 0 spiro atoms. The lowest BCUT2D eigenvalue weighted by atomic mass is 10.1. The fraction of sp³-hybridized carbons (Fsp3) is 0.222. The Morgan fingerprint density at radius 2 is 2.30 bits per heavy atom. The smallest absolute Gasteiger partial charge is 0.0349 e. The molecule has 10 heavy (non-hydrogen) atoms. The molecule has 2 rings (SSSR count). The number of nitrogens with two attached hydrogens (primary N) is 1. The number of rotatable bonds is 0. The van der Waals surface area contributed by atoms with E-state index in [1.54, 1.807) is 0 Å². The maximum absolute atomic E-state index is 5.73. The molecule has 1 aromatic carbocycles. The summed E-state index contributed by atoms with van der Waals surface area (Å²) in [5, 5.41) is 0. The Labute approximate surface area is 60.9 Å². The number of hydrogen-bond donors (Lipinski definition) is 1. The number of fused-ring (bicyclic) bond motifs is 1. The Morgan fingerprint density at radius 1 is 1.40 bits per heavy atom. The van der Waals surface area contributed by atoms with Crippen LogP contribution in [0.5, 0.6) is 0 Å². The predicted molar refractivity (Wildman–Crippen MR) is 41.5 cm³/mol. The lowest BCUT2D eigenvalue weighted by molar-refractivity contribution is 1.04. The highest BCUT2D eigenvalue weighted by Gasteiger charge is 2.12. The van der Waals surface area contributed by atoms with Crippen molar-refractivity contribution in [1.82, 2.24) is 0 Å². The average Bonchev–Trinajstić information content (AvgIpc) is 2.36. The van der Waals surface area contributed by atoms with Crippen LogP contribution in [0, 0.1) is 6.42 Å². The topological polar surface area (TPSA) is 26.0 Å². The number of benzene rings is 1. The van der Waals surface area contributed by atoms with Crippen LogP contribution in [-0.4, -0.2) is 0 Å². The molecule has 0 amide bonds. The van der Waals surface area contributed by atoms with Crippen LogP contribution in [0.3, 0.4) is 0 Å². The van der Waals surface area contributed by atoms with Gasteiger partial charge in [-0.25, -0.2) is 0 Å². The van der Waals surface area contributed by atoms with E-state index in [0.717, 1.165) is 18.5 Å². The molecule has 1 nitrogen and oxygen atoms in total.